The van der Waals surface area contributed by atoms with Crippen molar-refractivity contribution < 1.29 is 22.7 Å². The zero-order chi connectivity index (χ0) is 30.2. The van der Waals surface area contributed by atoms with E-state index in [9.17, 15) is 13.2 Å². The molecule has 1 saturated carbocycles. The molecule has 10 nitrogen and oxygen atoms in total. The minimum absolute atomic E-state index is 0.00748. The average molecular weight is 596 g/mol. The van der Waals surface area contributed by atoms with Crippen LogP contribution in [0, 0.1) is 0 Å². The van der Waals surface area contributed by atoms with Crippen molar-refractivity contribution >= 4 is 44.3 Å². The Morgan fingerprint density at radius 3 is 2.09 bits per heavy atom. The molecule has 6 rings (SSSR count). The van der Waals surface area contributed by atoms with E-state index in [-0.39, 0.29) is 22.4 Å². The molecule has 218 valence electrons. The van der Waals surface area contributed by atoms with Crippen molar-refractivity contribution in [3.8, 4) is 11.5 Å². The normalized spacial score (nSPS) is 17.7. The summed E-state index contributed by atoms with van der Waals surface area (Å²) in [6.45, 7) is 0. The Morgan fingerprint density at radius 2 is 1.47 bits per heavy atom. The topological polar surface area (TPSA) is 146 Å². The van der Waals surface area contributed by atoms with E-state index < -0.39 is 21.3 Å². The van der Waals surface area contributed by atoms with E-state index in [0.717, 1.165) is 5.56 Å². The van der Waals surface area contributed by atoms with Crippen molar-refractivity contribution in [3.63, 3.8) is 0 Å². The molecule has 11 heteroatoms. The highest BCUT2D eigenvalue weighted by Gasteiger charge is 2.60. The molecule has 1 amide bonds. The first kappa shape index (κ1) is 28.0. The molecule has 1 fully saturated rings. The molecule has 1 aliphatic rings. The molecule has 2 unspecified atom stereocenters. The molecule has 43 heavy (non-hydrogen) atoms. The Morgan fingerprint density at radius 1 is 0.837 bits per heavy atom. The van der Waals surface area contributed by atoms with Crippen LogP contribution in [0.2, 0.25) is 0 Å². The van der Waals surface area contributed by atoms with Gasteiger partial charge in [-0.3, -0.25) is 9.52 Å². The highest BCUT2D eigenvalue weighted by Crippen LogP contribution is 2.60. The second-order valence-electron chi connectivity index (χ2n) is 10.3. The van der Waals surface area contributed by atoms with Gasteiger partial charge in [0.1, 0.15) is 11.5 Å². The van der Waals surface area contributed by atoms with Gasteiger partial charge in [-0.1, -0.05) is 54.6 Å². The van der Waals surface area contributed by atoms with Crippen LogP contribution in [0.25, 0.3) is 11.0 Å². The number of rotatable bonds is 10. The zero-order valence-corrected chi connectivity index (χ0v) is 24.3. The van der Waals surface area contributed by atoms with Crippen molar-refractivity contribution in [1.82, 2.24) is 9.97 Å². The lowest BCUT2D eigenvalue weighted by Crippen LogP contribution is -2.30. The molecule has 1 aromatic heterocycles. The number of nitrogens with zero attached hydrogens (tertiary/aromatic N) is 2. The van der Waals surface area contributed by atoms with E-state index in [4.69, 9.17) is 15.2 Å². The van der Waals surface area contributed by atoms with Crippen molar-refractivity contribution in [2.24, 2.45) is 5.73 Å². The molecule has 0 radical (unpaired) electrons. The number of fused-ring (bicyclic) bond motifs is 1. The van der Waals surface area contributed by atoms with E-state index in [2.05, 4.69) is 20.0 Å². The number of carbonyl (C=O) groups is 1. The van der Waals surface area contributed by atoms with E-state index in [1.54, 1.807) is 48.5 Å². The van der Waals surface area contributed by atoms with E-state index in [0.29, 0.717) is 40.2 Å². The van der Waals surface area contributed by atoms with Gasteiger partial charge in [-0.25, -0.2) is 18.4 Å². The van der Waals surface area contributed by atoms with Gasteiger partial charge in [0.25, 0.3) is 10.0 Å². The van der Waals surface area contributed by atoms with Crippen LogP contribution in [0.1, 0.15) is 23.5 Å². The first-order chi connectivity index (χ1) is 20.7. The fourth-order valence-corrected chi connectivity index (χ4v) is 6.46. The smallest absolute Gasteiger partial charge is 0.263 e. The predicted molar refractivity (Wildman–Crippen MR) is 164 cm³/mol. The number of nitrogens with two attached hydrogens (primary N) is 1. The number of aromatic nitrogens is 2. The van der Waals surface area contributed by atoms with Gasteiger partial charge < -0.3 is 20.5 Å². The van der Waals surface area contributed by atoms with E-state index in [1.165, 1.54) is 20.3 Å². The van der Waals surface area contributed by atoms with Crippen LogP contribution < -0.4 is 25.2 Å². The second kappa shape index (κ2) is 10.9. The van der Waals surface area contributed by atoms with Crippen LogP contribution in [-0.2, 0) is 20.2 Å². The lowest BCUT2D eigenvalue weighted by molar-refractivity contribution is -0.120. The summed E-state index contributed by atoms with van der Waals surface area (Å²) in [7, 11) is -1.05. The molecule has 0 saturated heterocycles. The number of nitrogens with one attached hydrogen (secondary N) is 2. The third-order valence-corrected chi connectivity index (χ3v) is 9.01. The maximum Gasteiger partial charge on any atom is 0.263 e. The van der Waals surface area contributed by atoms with Gasteiger partial charge in [0.2, 0.25) is 5.91 Å². The van der Waals surface area contributed by atoms with Gasteiger partial charge in [-0.15, -0.1) is 0 Å². The number of ether oxygens (including phenoxy) is 2. The van der Waals surface area contributed by atoms with Gasteiger partial charge in [-0.2, -0.15) is 0 Å². The Balaban J connectivity index is 1.35. The number of hydrogen-bond donors (Lipinski definition) is 3. The van der Waals surface area contributed by atoms with Gasteiger partial charge in [0.15, 0.2) is 11.6 Å². The number of sulfonamides is 1. The molecule has 4 aromatic carbocycles. The number of carbonyl (C=O) groups excluding carboxylic acids is 1. The van der Waals surface area contributed by atoms with E-state index >= 15 is 0 Å². The van der Waals surface area contributed by atoms with Crippen LogP contribution in [0.5, 0.6) is 11.5 Å². The van der Waals surface area contributed by atoms with E-state index in [1.807, 2.05) is 42.5 Å². The molecule has 2 atom stereocenters. The molecular formula is C32H29N5O5S. The third kappa shape index (κ3) is 5.30. The predicted octanol–water partition coefficient (Wildman–Crippen LogP) is 5.10. The van der Waals surface area contributed by atoms with Crippen LogP contribution in [0.3, 0.4) is 0 Å². The number of hydrogen-bond acceptors (Lipinski definition) is 8. The molecule has 0 spiro atoms. The standard InChI is InChI=1S/C32H29N5O5S/c1-41-23-16-22(17-24(18-23)42-2)34-29-30(36-28-14-7-6-13-27(28)35-29)37-43(39,40)25-12-8-9-20(15-25)26-19-32(26,31(33)38)21-10-4-3-5-11-21/h3-18,26H,19H2,1-2H3,(H2,33,38)(H,34,35)(H,36,37). The number of anilines is 3. The number of amides is 1. The molecule has 0 aliphatic heterocycles. The molecule has 5 aromatic rings. The van der Waals surface area contributed by atoms with Crippen LogP contribution in [0.4, 0.5) is 17.3 Å². The average Bonchev–Trinajstić information content (AvgIpc) is 3.79. The maximum absolute atomic E-state index is 13.8. The van der Waals surface area contributed by atoms with Gasteiger partial charge in [0, 0.05) is 29.8 Å². The molecular weight excluding hydrogens is 566 g/mol. The minimum atomic E-state index is -4.13. The summed E-state index contributed by atoms with van der Waals surface area (Å²) >= 11 is 0. The largest absolute Gasteiger partial charge is 0.497 e. The van der Waals surface area contributed by atoms with Crippen LogP contribution in [0.15, 0.2) is 102 Å². The summed E-state index contributed by atoms with van der Waals surface area (Å²) in [6, 6.07) is 28.2. The SMILES string of the molecule is COc1cc(Nc2nc3ccccc3nc2NS(=O)(=O)c2cccc(C3CC3(C(N)=O)c3ccccc3)c2)cc(OC)c1. The first-order valence-corrected chi connectivity index (χ1v) is 15.0. The number of primary amides is 1. The summed E-state index contributed by atoms with van der Waals surface area (Å²) in [5, 5.41) is 3.16. The van der Waals surface area contributed by atoms with Crippen molar-refractivity contribution in [1.29, 1.82) is 0 Å². The Labute approximate surface area is 248 Å². The zero-order valence-electron chi connectivity index (χ0n) is 23.4. The minimum Gasteiger partial charge on any atom is -0.497 e. The summed E-state index contributed by atoms with van der Waals surface area (Å²) in [5.74, 6) is 0.588. The number of methoxy groups -OCH3 is 2. The second-order valence-corrected chi connectivity index (χ2v) is 12.0. The monoisotopic (exact) mass is 595 g/mol. The van der Waals surface area contributed by atoms with Crippen molar-refractivity contribution in [3.05, 3.63) is 108 Å². The molecule has 1 heterocycles. The summed E-state index contributed by atoms with van der Waals surface area (Å²) in [4.78, 5) is 21.9. The summed E-state index contributed by atoms with van der Waals surface area (Å²) in [6.07, 6.45) is 0.498. The first-order valence-electron chi connectivity index (χ1n) is 13.5. The highest BCUT2D eigenvalue weighted by atomic mass is 32.2. The van der Waals surface area contributed by atoms with Gasteiger partial charge in [0.05, 0.1) is 35.6 Å². The van der Waals surface area contributed by atoms with Gasteiger partial charge in [-0.05, 0) is 41.8 Å². The Kier molecular flexibility index (Phi) is 7.10. The summed E-state index contributed by atoms with van der Waals surface area (Å²) in [5.41, 5.74) is 8.15. The molecule has 1 aliphatic carbocycles. The van der Waals surface area contributed by atoms with Crippen molar-refractivity contribution in [2.75, 3.05) is 24.3 Å². The third-order valence-electron chi connectivity index (χ3n) is 7.68. The molecule has 0 bridgehead atoms. The number of para-hydroxylation sites is 2. The Hall–Kier alpha value is -5.16. The fourth-order valence-electron chi connectivity index (χ4n) is 5.39. The number of benzene rings is 4. The lowest BCUT2D eigenvalue weighted by atomic mass is 9.90. The quantitative estimate of drug-likeness (QED) is 0.202. The lowest BCUT2D eigenvalue weighted by Gasteiger charge is -2.16. The van der Waals surface area contributed by atoms with Crippen molar-refractivity contribution in [2.45, 2.75) is 22.6 Å². The summed E-state index contributed by atoms with van der Waals surface area (Å²) < 4.78 is 40.9. The maximum atomic E-state index is 13.8. The Bertz CT molecular complexity index is 1930. The van der Waals surface area contributed by atoms with Crippen LogP contribution >= 0.6 is 0 Å². The van der Waals surface area contributed by atoms with Gasteiger partial charge >= 0.3 is 0 Å². The fraction of sp³-hybridized carbons (Fsp3) is 0.156. The molecule has 4 N–H and O–H groups in total. The highest BCUT2D eigenvalue weighted by molar-refractivity contribution is 7.92. The van der Waals surface area contributed by atoms with Crippen LogP contribution in [-0.4, -0.2) is 38.5 Å².